The minimum absolute atomic E-state index is 0.144. The van der Waals surface area contributed by atoms with Gasteiger partial charge >= 0.3 is 0 Å². The second-order valence-electron chi connectivity index (χ2n) is 7.20. The number of aryl methyl sites for hydroxylation is 1. The van der Waals surface area contributed by atoms with Gasteiger partial charge in [0.15, 0.2) is 0 Å². The summed E-state index contributed by atoms with van der Waals surface area (Å²) in [7, 11) is -1.92. The molecule has 1 saturated heterocycles. The number of hydrogen-bond acceptors (Lipinski definition) is 5. The van der Waals surface area contributed by atoms with Gasteiger partial charge in [-0.3, -0.25) is 4.79 Å². The van der Waals surface area contributed by atoms with Crippen LogP contribution in [0.1, 0.15) is 19.3 Å². The molecule has 0 spiro atoms. The Morgan fingerprint density at radius 1 is 1.17 bits per heavy atom. The molecule has 3 aromatic rings. The SMILES string of the molecule is COc1ccccc1NC(=O)CCn1cnc2cc(S(=O)(=O)N3CCCC3)ccc21. The number of para-hydroxylation sites is 2. The molecule has 1 aliphatic heterocycles. The lowest BCUT2D eigenvalue weighted by molar-refractivity contribution is -0.116. The van der Waals surface area contributed by atoms with Crippen LogP contribution >= 0.6 is 0 Å². The highest BCUT2D eigenvalue weighted by atomic mass is 32.2. The summed E-state index contributed by atoms with van der Waals surface area (Å²) in [4.78, 5) is 17.0. The first kappa shape index (κ1) is 20.4. The van der Waals surface area contributed by atoms with Gasteiger partial charge in [0.1, 0.15) is 5.75 Å². The average Bonchev–Trinajstić information content (AvgIpc) is 3.43. The molecule has 0 bridgehead atoms. The number of sulfonamides is 1. The largest absolute Gasteiger partial charge is 0.495 e. The second-order valence-corrected chi connectivity index (χ2v) is 9.14. The number of carbonyl (C=O) groups excluding carboxylic acids is 1. The Hall–Kier alpha value is -2.91. The fraction of sp³-hybridized carbons (Fsp3) is 0.333. The van der Waals surface area contributed by atoms with Crippen LogP contribution in [0.2, 0.25) is 0 Å². The van der Waals surface area contributed by atoms with E-state index in [1.165, 1.54) is 4.31 Å². The van der Waals surface area contributed by atoms with Crippen molar-refractivity contribution in [2.24, 2.45) is 0 Å². The summed E-state index contributed by atoms with van der Waals surface area (Å²) in [5.41, 5.74) is 2.01. The minimum Gasteiger partial charge on any atom is -0.495 e. The molecular weight excluding hydrogens is 404 g/mol. The van der Waals surface area contributed by atoms with Gasteiger partial charge < -0.3 is 14.6 Å². The van der Waals surface area contributed by atoms with E-state index >= 15 is 0 Å². The van der Waals surface area contributed by atoms with Crippen molar-refractivity contribution >= 4 is 32.7 Å². The molecule has 2 aromatic carbocycles. The van der Waals surface area contributed by atoms with E-state index < -0.39 is 10.0 Å². The molecule has 1 amide bonds. The first-order valence-electron chi connectivity index (χ1n) is 9.87. The van der Waals surface area contributed by atoms with Crippen molar-refractivity contribution in [2.45, 2.75) is 30.7 Å². The van der Waals surface area contributed by atoms with E-state index in [4.69, 9.17) is 4.74 Å². The zero-order chi connectivity index (χ0) is 21.1. The average molecular weight is 429 g/mol. The third-order valence-corrected chi connectivity index (χ3v) is 7.15. The highest BCUT2D eigenvalue weighted by Crippen LogP contribution is 2.25. The molecule has 1 N–H and O–H groups in total. The van der Waals surface area contributed by atoms with Crippen LogP contribution in [0.3, 0.4) is 0 Å². The van der Waals surface area contributed by atoms with Gasteiger partial charge in [-0.25, -0.2) is 13.4 Å². The number of anilines is 1. The Kier molecular flexibility index (Phi) is 5.74. The smallest absolute Gasteiger partial charge is 0.243 e. The minimum atomic E-state index is -3.48. The standard InChI is InChI=1S/C21H24N4O4S/c1-29-20-7-3-2-6-17(20)23-21(26)10-13-24-15-22-18-14-16(8-9-19(18)24)30(27,28)25-11-4-5-12-25/h2-3,6-9,14-15H,4-5,10-13H2,1H3,(H,23,26). The van der Waals surface area contributed by atoms with E-state index in [1.807, 2.05) is 16.7 Å². The molecule has 0 unspecified atom stereocenters. The summed E-state index contributed by atoms with van der Waals surface area (Å²) in [6.45, 7) is 1.56. The number of nitrogens with one attached hydrogen (secondary N) is 1. The van der Waals surface area contributed by atoms with Crippen molar-refractivity contribution in [1.29, 1.82) is 0 Å². The Bertz CT molecular complexity index is 1170. The molecule has 0 atom stereocenters. The summed E-state index contributed by atoms with van der Waals surface area (Å²) in [5.74, 6) is 0.459. The number of imidazole rings is 1. The molecule has 1 fully saturated rings. The van der Waals surface area contributed by atoms with Crippen molar-refractivity contribution in [3.63, 3.8) is 0 Å². The van der Waals surface area contributed by atoms with E-state index in [9.17, 15) is 13.2 Å². The van der Waals surface area contributed by atoms with Crippen LogP contribution in [0.25, 0.3) is 11.0 Å². The van der Waals surface area contributed by atoms with Gasteiger partial charge in [0, 0.05) is 26.1 Å². The maximum atomic E-state index is 12.8. The maximum absolute atomic E-state index is 12.8. The molecular formula is C21H24N4O4S. The third kappa shape index (κ3) is 4.03. The fourth-order valence-electron chi connectivity index (χ4n) is 3.64. The Morgan fingerprint density at radius 3 is 2.70 bits per heavy atom. The highest BCUT2D eigenvalue weighted by Gasteiger charge is 2.27. The number of hydrogen-bond donors (Lipinski definition) is 1. The van der Waals surface area contributed by atoms with Crippen molar-refractivity contribution in [1.82, 2.24) is 13.9 Å². The van der Waals surface area contributed by atoms with Crippen molar-refractivity contribution in [3.05, 3.63) is 48.8 Å². The number of ether oxygens (including phenoxy) is 1. The molecule has 8 nitrogen and oxygen atoms in total. The fourth-order valence-corrected chi connectivity index (χ4v) is 5.18. The van der Waals surface area contributed by atoms with Crippen LogP contribution in [-0.2, 0) is 21.4 Å². The van der Waals surface area contributed by atoms with Crippen molar-refractivity contribution in [3.8, 4) is 5.75 Å². The Morgan fingerprint density at radius 2 is 1.93 bits per heavy atom. The first-order valence-corrected chi connectivity index (χ1v) is 11.3. The number of aromatic nitrogens is 2. The zero-order valence-electron chi connectivity index (χ0n) is 16.7. The van der Waals surface area contributed by atoms with Crippen molar-refractivity contribution in [2.75, 3.05) is 25.5 Å². The molecule has 9 heteroatoms. The normalized spacial score (nSPS) is 14.8. The van der Waals surface area contributed by atoms with Crippen LogP contribution < -0.4 is 10.1 Å². The van der Waals surface area contributed by atoms with Gasteiger partial charge in [-0.15, -0.1) is 0 Å². The quantitative estimate of drug-likeness (QED) is 0.625. The summed E-state index contributed by atoms with van der Waals surface area (Å²) in [5, 5.41) is 2.85. The van der Waals surface area contributed by atoms with Crippen LogP contribution in [0.15, 0.2) is 53.7 Å². The summed E-state index contributed by atoms with van der Waals surface area (Å²) in [6, 6.07) is 12.2. The number of amides is 1. The van der Waals surface area contributed by atoms with Crippen LogP contribution in [-0.4, -0.2) is 48.4 Å². The number of rotatable bonds is 7. The van der Waals surface area contributed by atoms with Crippen LogP contribution in [0, 0.1) is 0 Å². The van der Waals surface area contributed by atoms with Gasteiger partial charge in [-0.05, 0) is 43.2 Å². The number of carbonyl (C=O) groups is 1. The predicted octanol–water partition coefficient (Wildman–Crippen LogP) is 2.86. The van der Waals surface area contributed by atoms with E-state index in [0.717, 1.165) is 18.4 Å². The lowest BCUT2D eigenvalue weighted by Gasteiger charge is -2.15. The molecule has 1 aliphatic rings. The maximum Gasteiger partial charge on any atom is 0.243 e. The van der Waals surface area contributed by atoms with E-state index in [0.29, 0.717) is 36.6 Å². The molecule has 30 heavy (non-hydrogen) atoms. The highest BCUT2D eigenvalue weighted by molar-refractivity contribution is 7.89. The summed E-state index contributed by atoms with van der Waals surface area (Å²) < 4.78 is 34.1. The monoisotopic (exact) mass is 428 g/mol. The second kappa shape index (κ2) is 8.45. The van der Waals surface area contributed by atoms with Gasteiger partial charge in [0.25, 0.3) is 0 Å². The van der Waals surface area contributed by atoms with E-state index in [-0.39, 0.29) is 17.2 Å². The zero-order valence-corrected chi connectivity index (χ0v) is 17.6. The number of nitrogens with zero attached hydrogens (tertiary/aromatic N) is 3. The van der Waals surface area contributed by atoms with Gasteiger partial charge in [0.05, 0.1) is 35.1 Å². The van der Waals surface area contributed by atoms with Crippen LogP contribution in [0.4, 0.5) is 5.69 Å². The van der Waals surface area contributed by atoms with Crippen molar-refractivity contribution < 1.29 is 17.9 Å². The first-order chi connectivity index (χ1) is 14.5. The van der Waals surface area contributed by atoms with E-state index in [1.54, 1.807) is 43.8 Å². The molecule has 0 saturated carbocycles. The number of benzene rings is 2. The third-order valence-electron chi connectivity index (χ3n) is 5.26. The Labute approximate surface area is 175 Å². The molecule has 158 valence electrons. The van der Waals surface area contributed by atoms with E-state index in [2.05, 4.69) is 10.3 Å². The topological polar surface area (TPSA) is 93.5 Å². The van der Waals surface area contributed by atoms with Crippen LogP contribution in [0.5, 0.6) is 5.75 Å². The van der Waals surface area contributed by atoms with Gasteiger partial charge in [0.2, 0.25) is 15.9 Å². The molecule has 0 radical (unpaired) electrons. The molecule has 1 aromatic heterocycles. The predicted molar refractivity (Wildman–Crippen MR) is 114 cm³/mol. The Balaban J connectivity index is 1.46. The lowest BCUT2D eigenvalue weighted by atomic mass is 10.2. The molecule has 0 aliphatic carbocycles. The number of fused-ring (bicyclic) bond motifs is 1. The number of methoxy groups -OCH3 is 1. The van der Waals surface area contributed by atoms with Gasteiger partial charge in [-0.2, -0.15) is 4.31 Å². The molecule has 2 heterocycles. The lowest BCUT2D eigenvalue weighted by Crippen LogP contribution is -2.27. The summed E-state index contributed by atoms with van der Waals surface area (Å²) in [6.07, 6.45) is 3.67. The molecule has 4 rings (SSSR count). The summed E-state index contributed by atoms with van der Waals surface area (Å²) >= 11 is 0. The van der Waals surface area contributed by atoms with Gasteiger partial charge in [-0.1, -0.05) is 12.1 Å².